The summed E-state index contributed by atoms with van der Waals surface area (Å²) in [5.74, 6) is 0.496. The number of aromatic nitrogens is 1. The summed E-state index contributed by atoms with van der Waals surface area (Å²) in [4.78, 5) is 15.7. The number of methoxy groups -OCH3 is 2. The summed E-state index contributed by atoms with van der Waals surface area (Å²) >= 11 is 1.43. The molecule has 0 saturated heterocycles. The monoisotopic (exact) mass is 264 g/mol. The van der Waals surface area contributed by atoms with Crippen LogP contribution in [0.15, 0.2) is 23.6 Å². The fourth-order valence-electron chi connectivity index (χ4n) is 1.52. The summed E-state index contributed by atoms with van der Waals surface area (Å²) < 4.78 is 9.86. The highest BCUT2D eigenvalue weighted by atomic mass is 32.1. The summed E-state index contributed by atoms with van der Waals surface area (Å²) in [7, 11) is 2.83. The fraction of sp³-hybridized carbons (Fsp3) is 0.167. The van der Waals surface area contributed by atoms with E-state index in [0.29, 0.717) is 17.1 Å². The molecular formula is C12H12N2O3S. The molecule has 1 aromatic carbocycles. The van der Waals surface area contributed by atoms with Crippen LogP contribution >= 0.6 is 11.3 Å². The SMILES string of the molecule is COC(=O)c1ccc(-c2nc(N)cs2)cc1OC. The maximum Gasteiger partial charge on any atom is 0.341 e. The van der Waals surface area contributed by atoms with Gasteiger partial charge in [-0.25, -0.2) is 9.78 Å². The van der Waals surface area contributed by atoms with Crippen molar-refractivity contribution in [2.24, 2.45) is 0 Å². The van der Waals surface area contributed by atoms with Gasteiger partial charge in [-0.3, -0.25) is 0 Å². The maximum atomic E-state index is 11.5. The molecule has 1 heterocycles. The molecule has 2 N–H and O–H groups in total. The van der Waals surface area contributed by atoms with Gasteiger partial charge in [-0.1, -0.05) is 6.07 Å². The standard InChI is InChI=1S/C12H12N2O3S/c1-16-9-5-7(11-14-10(13)6-18-11)3-4-8(9)12(15)17-2/h3-6H,13H2,1-2H3. The number of rotatable bonds is 3. The van der Waals surface area contributed by atoms with Gasteiger partial charge in [-0.05, 0) is 12.1 Å². The predicted molar refractivity (Wildman–Crippen MR) is 69.9 cm³/mol. The van der Waals surface area contributed by atoms with E-state index in [1.54, 1.807) is 23.6 Å². The minimum atomic E-state index is -0.433. The molecule has 94 valence electrons. The van der Waals surface area contributed by atoms with E-state index in [4.69, 9.17) is 10.5 Å². The van der Waals surface area contributed by atoms with Gasteiger partial charge in [0.05, 0.1) is 14.2 Å². The van der Waals surface area contributed by atoms with E-state index in [1.807, 2.05) is 0 Å². The normalized spacial score (nSPS) is 10.1. The first-order valence-electron chi connectivity index (χ1n) is 5.13. The Labute approximate surface area is 108 Å². The molecule has 0 atom stereocenters. The molecule has 6 heteroatoms. The van der Waals surface area contributed by atoms with Gasteiger partial charge >= 0.3 is 5.97 Å². The van der Waals surface area contributed by atoms with Gasteiger partial charge in [-0.15, -0.1) is 11.3 Å². The molecule has 2 rings (SSSR count). The Bertz CT molecular complexity index is 580. The van der Waals surface area contributed by atoms with Gasteiger partial charge < -0.3 is 15.2 Å². The molecule has 2 aromatic rings. The molecular weight excluding hydrogens is 252 g/mol. The van der Waals surface area contributed by atoms with Gasteiger partial charge in [0.1, 0.15) is 22.1 Å². The second-order valence-electron chi connectivity index (χ2n) is 3.48. The van der Waals surface area contributed by atoms with Crippen LogP contribution in [-0.2, 0) is 4.74 Å². The first kappa shape index (κ1) is 12.4. The molecule has 0 unspecified atom stereocenters. The lowest BCUT2D eigenvalue weighted by Gasteiger charge is -2.07. The van der Waals surface area contributed by atoms with Crippen molar-refractivity contribution in [3.63, 3.8) is 0 Å². The van der Waals surface area contributed by atoms with E-state index in [0.717, 1.165) is 10.6 Å². The zero-order valence-electron chi connectivity index (χ0n) is 9.97. The Hall–Kier alpha value is -2.08. The average Bonchev–Trinajstić information content (AvgIpc) is 2.83. The van der Waals surface area contributed by atoms with Crippen LogP contribution in [0.2, 0.25) is 0 Å². The van der Waals surface area contributed by atoms with Crippen LogP contribution in [0.1, 0.15) is 10.4 Å². The number of thiazole rings is 1. The van der Waals surface area contributed by atoms with Gasteiger partial charge in [0.25, 0.3) is 0 Å². The van der Waals surface area contributed by atoms with Crippen molar-refractivity contribution < 1.29 is 14.3 Å². The second kappa shape index (κ2) is 5.05. The lowest BCUT2D eigenvalue weighted by Crippen LogP contribution is -2.04. The van der Waals surface area contributed by atoms with Crippen LogP contribution in [0, 0.1) is 0 Å². The molecule has 0 bridgehead atoms. The third-order valence-electron chi connectivity index (χ3n) is 2.38. The third kappa shape index (κ3) is 2.28. The van der Waals surface area contributed by atoms with Gasteiger partial charge in [-0.2, -0.15) is 0 Å². The first-order chi connectivity index (χ1) is 8.65. The number of carbonyl (C=O) groups is 1. The van der Waals surface area contributed by atoms with E-state index < -0.39 is 5.97 Å². The van der Waals surface area contributed by atoms with Gasteiger partial charge in [0.2, 0.25) is 0 Å². The zero-order valence-corrected chi connectivity index (χ0v) is 10.8. The minimum Gasteiger partial charge on any atom is -0.496 e. The van der Waals surface area contributed by atoms with Crippen molar-refractivity contribution >= 4 is 23.1 Å². The van der Waals surface area contributed by atoms with Crippen molar-refractivity contribution in [1.29, 1.82) is 0 Å². The lowest BCUT2D eigenvalue weighted by molar-refractivity contribution is 0.0597. The van der Waals surface area contributed by atoms with Crippen LogP contribution in [-0.4, -0.2) is 25.2 Å². The topological polar surface area (TPSA) is 74.4 Å². The van der Waals surface area contributed by atoms with Crippen molar-refractivity contribution in [2.75, 3.05) is 20.0 Å². The van der Waals surface area contributed by atoms with E-state index in [-0.39, 0.29) is 0 Å². The maximum absolute atomic E-state index is 11.5. The molecule has 0 radical (unpaired) electrons. The number of ether oxygens (including phenoxy) is 2. The summed E-state index contributed by atoms with van der Waals surface area (Å²) in [6, 6.07) is 5.18. The number of anilines is 1. The number of benzene rings is 1. The molecule has 0 saturated carbocycles. The fourth-order valence-corrected chi connectivity index (χ4v) is 2.23. The van der Waals surface area contributed by atoms with Crippen LogP contribution in [0.4, 0.5) is 5.82 Å². The Balaban J connectivity index is 2.44. The Morgan fingerprint density at radius 1 is 1.39 bits per heavy atom. The third-order valence-corrected chi connectivity index (χ3v) is 3.29. The molecule has 0 spiro atoms. The van der Waals surface area contributed by atoms with Crippen molar-refractivity contribution in [1.82, 2.24) is 4.98 Å². The van der Waals surface area contributed by atoms with Crippen molar-refractivity contribution in [2.45, 2.75) is 0 Å². The highest BCUT2D eigenvalue weighted by molar-refractivity contribution is 7.13. The Morgan fingerprint density at radius 2 is 2.17 bits per heavy atom. The number of nitrogens with two attached hydrogens (primary N) is 1. The molecule has 0 aliphatic carbocycles. The number of nitrogens with zero attached hydrogens (tertiary/aromatic N) is 1. The Kier molecular flexibility index (Phi) is 3.47. The molecule has 0 amide bonds. The number of hydrogen-bond acceptors (Lipinski definition) is 6. The smallest absolute Gasteiger partial charge is 0.341 e. The zero-order chi connectivity index (χ0) is 13.1. The number of nitrogen functional groups attached to an aromatic ring is 1. The molecule has 18 heavy (non-hydrogen) atoms. The second-order valence-corrected chi connectivity index (χ2v) is 4.34. The highest BCUT2D eigenvalue weighted by Gasteiger charge is 2.14. The van der Waals surface area contributed by atoms with E-state index >= 15 is 0 Å². The number of hydrogen-bond donors (Lipinski definition) is 1. The van der Waals surface area contributed by atoms with Gasteiger partial charge in [0, 0.05) is 10.9 Å². The molecule has 0 aliphatic rings. The largest absolute Gasteiger partial charge is 0.496 e. The Morgan fingerprint density at radius 3 is 2.72 bits per heavy atom. The highest BCUT2D eigenvalue weighted by Crippen LogP contribution is 2.30. The average molecular weight is 264 g/mol. The van der Waals surface area contributed by atoms with E-state index in [2.05, 4.69) is 9.72 Å². The molecule has 0 aliphatic heterocycles. The van der Waals surface area contributed by atoms with E-state index in [1.165, 1.54) is 25.6 Å². The lowest BCUT2D eigenvalue weighted by atomic mass is 10.1. The summed E-state index contributed by atoms with van der Waals surface area (Å²) in [5, 5.41) is 2.54. The summed E-state index contributed by atoms with van der Waals surface area (Å²) in [5.41, 5.74) is 6.81. The van der Waals surface area contributed by atoms with Gasteiger partial charge in [0.15, 0.2) is 0 Å². The summed E-state index contributed by atoms with van der Waals surface area (Å²) in [6.45, 7) is 0. The van der Waals surface area contributed by atoms with Crippen LogP contribution in [0.25, 0.3) is 10.6 Å². The van der Waals surface area contributed by atoms with Crippen LogP contribution < -0.4 is 10.5 Å². The van der Waals surface area contributed by atoms with Crippen molar-refractivity contribution in [3.05, 3.63) is 29.1 Å². The van der Waals surface area contributed by atoms with E-state index in [9.17, 15) is 4.79 Å². The molecule has 1 aromatic heterocycles. The van der Waals surface area contributed by atoms with Crippen molar-refractivity contribution in [3.8, 4) is 16.3 Å². The predicted octanol–water partition coefficient (Wildman–Crippen LogP) is 2.19. The van der Waals surface area contributed by atoms with Crippen LogP contribution in [0.3, 0.4) is 0 Å². The number of carbonyl (C=O) groups excluding carboxylic acids is 1. The first-order valence-corrected chi connectivity index (χ1v) is 6.01. The number of esters is 1. The van der Waals surface area contributed by atoms with Crippen LogP contribution in [0.5, 0.6) is 5.75 Å². The molecule has 5 nitrogen and oxygen atoms in total. The minimum absolute atomic E-state index is 0.383. The summed E-state index contributed by atoms with van der Waals surface area (Å²) in [6.07, 6.45) is 0. The quantitative estimate of drug-likeness (QED) is 0.860. The molecule has 0 fully saturated rings.